The lowest BCUT2D eigenvalue weighted by atomic mass is 9.89. The Hall–Kier alpha value is -1.11. The number of nitrogens with zero attached hydrogens (tertiary/aromatic N) is 1. The highest BCUT2D eigenvalue weighted by atomic mass is 32.2. The molecule has 0 atom stereocenters. The van der Waals surface area contributed by atoms with Gasteiger partial charge in [-0.1, -0.05) is 25.5 Å². The van der Waals surface area contributed by atoms with Crippen molar-refractivity contribution < 1.29 is 13.5 Å². The van der Waals surface area contributed by atoms with E-state index in [2.05, 4.69) is 4.72 Å². The van der Waals surface area contributed by atoms with E-state index in [1.807, 2.05) is 11.8 Å². The number of benzene rings is 1. The summed E-state index contributed by atoms with van der Waals surface area (Å²) in [5.41, 5.74) is -0.0247. The van der Waals surface area contributed by atoms with Gasteiger partial charge in [0.1, 0.15) is 4.90 Å². The Bertz CT molecular complexity index is 551. The van der Waals surface area contributed by atoms with E-state index in [1.165, 1.54) is 7.05 Å². The molecule has 19 heavy (non-hydrogen) atoms. The van der Waals surface area contributed by atoms with Crippen LogP contribution in [0.5, 0.6) is 0 Å². The van der Waals surface area contributed by atoms with Crippen LogP contribution in [0.3, 0.4) is 0 Å². The van der Waals surface area contributed by atoms with Crippen molar-refractivity contribution >= 4 is 15.7 Å². The van der Waals surface area contributed by atoms with Crippen molar-refractivity contribution in [3.63, 3.8) is 0 Å². The number of β-amino-alcohol motifs (C(OH)–C–C–N with tert-alkyl or cyclic N) is 1. The Kier molecular flexibility index (Phi) is 3.85. The van der Waals surface area contributed by atoms with Gasteiger partial charge in [0.05, 0.1) is 11.3 Å². The van der Waals surface area contributed by atoms with Gasteiger partial charge < -0.3 is 10.0 Å². The van der Waals surface area contributed by atoms with Gasteiger partial charge in [0, 0.05) is 13.1 Å². The molecule has 1 fully saturated rings. The smallest absolute Gasteiger partial charge is 0.242 e. The molecule has 1 aromatic rings. The molecular weight excluding hydrogens is 264 g/mol. The molecule has 0 radical (unpaired) electrons. The first-order chi connectivity index (χ1) is 8.92. The van der Waals surface area contributed by atoms with E-state index in [0.29, 0.717) is 18.8 Å². The van der Waals surface area contributed by atoms with Gasteiger partial charge in [-0.25, -0.2) is 13.1 Å². The molecule has 1 aliphatic heterocycles. The molecule has 0 spiro atoms. The lowest BCUT2D eigenvalue weighted by Gasteiger charge is -2.48. The molecule has 0 saturated carbocycles. The minimum atomic E-state index is -3.47. The highest BCUT2D eigenvalue weighted by molar-refractivity contribution is 7.89. The Labute approximate surface area is 114 Å². The lowest BCUT2D eigenvalue weighted by molar-refractivity contribution is 0.00310. The van der Waals surface area contributed by atoms with Gasteiger partial charge in [0.2, 0.25) is 10.0 Å². The van der Waals surface area contributed by atoms with Crippen LogP contribution in [0, 0.1) is 0 Å². The van der Waals surface area contributed by atoms with Crippen LogP contribution in [0.1, 0.15) is 19.8 Å². The molecule has 0 aromatic heterocycles. The number of aliphatic hydroxyl groups is 1. The number of hydrogen-bond donors (Lipinski definition) is 2. The van der Waals surface area contributed by atoms with Crippen LogP contribution in [0.4, 0.5) is 5.69 Å². The van der Waals surface area contributed by atoms with E-state index in [4.69, 9.17) is 0 Å². The van der Waals surface area contributed by atoms with Crippen LogP contribution in [0.2, 0.25) is 0 Å². The molecule has 5 nitrogen and oxygen atoms in total. The largest absolute Gasteiger partial charge is 0.386 e. The Balaban J connectivity index is 2.25. The summed E-state index contributed by atoms with van der Waals surface area (Å²) >= 11 is 0. The Morgan fingerprint density at radius 2 is 2.00 bits per heavy atom. The normalized spacial score (nSPS) is 18.2. The third-order valence-corrected chi connectivity index (χ3v) is 4.91. The SMILES string of the molecule is CCCC1(O)CN(c2ccccc2S(=O)(=O)NC)C1. The summed E-state index contributed by atoms with van der Waals surface area (Å²) in [5.74, 6) is 0. The summed E-state index contributed by atoms with van der Waals surface area (Å²) in [6.07, 6.45) is 1.66. The van der Waals surface area contributed by atoms with Crippen molar-refractivity contribution in [3.05, 3.63) is 24.3 Å². The van der Waals surface area contributed by atoms with E-state index in [9.17, 15) is 13.5 Å². The van der Waals surface area contributed by atoms with Gasteiger partial charge in [-0.3, -0.25) is 0 Å². The first-order valence-electron chi connectivity index (χ1n) is 6.42. The third-order valence-electron chi connectivity index (χ3n) is 3.45. The minimum Gasteiger partial charge on any atom is -0.386 e. The maximum Gasteiger partial charge on any atom is 0.242 e. The third kappa shape index (κ3) is 2.75. The fourth-order valence-electron chi connectivity index (χ4n) is 2.51. The van der Waals surface area contributed by atoms with Crippen molar-refractivity contribution in [2.24, 2.45) is 0 Å². The lowest BCUT2D eigenvalue weighted by Crippen LogP contribution is -2.62. The molecule has 1 saturated heterocycles. The van der Waals surface area contributed by atoms with Crippen molar-refractivity contribution in [1.29, 1.82) is 0 Å². The first kappa shape index (κ1) is 14.3. The van der Waals surface area contributed by atoms with Crippen molar-refractivity contribution in [1.82, 2.24) is 4.72 Å². The zero-order valence-electron chi connectivity index (χ0n) is 11.3. The van der Waals surface area contributed by atoms with E-state index in [0.717, 1.165) is 12.8 Å². The Morgan fingerprint density at radius 3 is 2.58 bits per heavy atom. The van der Waals surface area contributed by atoms with Crippen LogP contribution in [-0.4, -0.2) is 39.3 Å². The molecule has 2 rings (SSSR count). The van der Waals surface area contributed by atoms with E-state index in [-0.39, 0.29) is 4.90 Å². The molecule has 0 bridgehead atoms. The summed E-state index contributed by atoms with van der Waals surface area (Å²) in [6.45, 7) is 2.99. The minimum absolute atomic E-state index is 0.260. The van der Waals surface area contributed by atoms with Gasteiger partial charge in [0.25, 0.3) is 0 Å². The topological polar surface area (TPSA) is 69.6 Å². The standard InChI is InChI=1S/C13H20N2O3S/c1-3-8-13(16)9-15(10-13)11-6-4-5-7-12(11)19(17,18)14-2/h4-7,14,16H,3,8-10H2,1-2H3. The van der Waals surface area contributed by atoms with Crippen LogP contribution >= 0.6 is 0 Å². The van der Waals surface area contributed by atoms with Crippen LogP contribution in [0.15, 0.2) is 29.2 Å². The molecule has 0 unspecified atom stereocenters. The number of rotatable bonds is 5. The van der Waals surface area contributed by atoms with E-state index >= 15 is 0 Å². The fourth-order valence-corrected chi connectivity index (χ4v) is 3.46. The molecule has 2 N–H and O–H groups in total. The van der Waals surface area contributed by atoms with E-state index < -0.39 is 15.6 Å². The number of hydrogen-bond acceptors (Lipinski definition) is 4. The summed E-state index contributed by atoms with van der Waals surface area (Å²) < 4.78 is 26.2. The average molecular weight is 284 g/mol. The average Bonchev–Trinajstić information content (AvgIpc) is 2.36. The monoisotopic (exact) mass is 284 g/mol. The van der Waals surface area contributed by atoms with Gasteiger partial charge in [0.15, 0.2) is 0 Å². The summed E-state index contributed by atoms with van der Waals surface area (Å²) in [6, 6.07) is 6.86. The maximum absolute atomic E-state index is 12.0. The van der Waals surface area contributed by atoms with Gasteiger partial charge >= 0.3 is 0 Å². The molecule has 1 aliphatic rings. The van der Waals surface area contributed by atoms with Crippen LogP contribution in [0.25, 0.3) is 0 Å². The second kappa shape index (κ2) is 5.11. The Morgan fingerprint density at radius 1 is 1.37 bits per heavy atom. The number of anilines is 1. The second-order valence-electron chi connectivity index (χ2n) is 5.01. The first-order valence-corrected chi connectivity index (χ1v) is 7.90. The number of sulfonamides is 1. The van der Waals surface area contributed by atoms with E-state index in [1.54, 1.807) is 24.3 Å². The van der Waals surface area contributed by atoms with Crippen LogP contribution in [-0.2, 0) is 10.0 Å². The number of para-hydroxylation sites is 1. The molecule has 0 aliphatic carbocycles. The molecule has 0 amide bonds. The molecular formula is C13H20N2O3S. The molecule has 1 heterocycles. The molecule has 106 valence electrons. The highest BCUT2D eigenvalue weighted by Gasteiger charge is 2.41. The maximum atomic E-state index is 12.0. The number of nitrogens with one attached hydrogen (secondary N) is 1. The van der Waals surface area contributed by atoms with Gasteiger partial charge in [-0.2, -0.15) is 0 Å². The van der Waals surface area contributed by atoms with Crippen molar-refractivity contribution in [3.8, 4) is 0 Å². The van der Waals surface area contributed by atoms with Gasteiger partial charge in [-0.05, 0) is 25.6 Å². The quantitative estimate of drug-likeness (QED) is 0.844. The zero-order chi connectivity index (χ0) is 14.1. The predicted octanol–water partition coefficient (Wildman–Crippen LogP) is 0.946. The summed E-state index contributed by atoms with van der Waals surface area (Å²) in [7, 11) is -2.07. The molecule has 6 heteroatoms. The summed E-state index contributed by atoms with van der Waals surface area (Å²) in [5, 5.41) is 10.2. The van der Waals surface area contributed by atoms with Crippen LogP contribution < -0.4 is 9.62 Å². The second-order valence-corrected chi connectivity index (χ2v) is 6.86. The predicted molar refractivity (Wildman–Crippen MR) is 74.8 cm³/mol. The molecule has 1 aromatic carbocycles. The highest BCUT2D eigenvalue weighted by Crippen LogP contribution is 2.34. The van der Waals surface area contributed by atoms with Gasteiger partial charge in [-0.15, -0.1) is 0 Å². The van der Waals surface area contributed by atoms with Crippen molar-refractivity contribution in [2.75, 3.05) is 25.0 Å². The fraction of sp³-hybridized carbons (Fsp3) is 0.538. The van der Waals surface area contributed by atoms with Crippen molar-refractivity contribution in [2.45, 2.75) is 30.3 Å². The summed E-state index contributed by atoms with van der Waals surface area (Å²) in [4.78, 5) is 2.16. The zero-order valence-corrected chi connectivity index (χ0v) is 12.1.